The minimum Gasteiger partial charge on any atom is -0.348 e. The Balaban J connectivity index is 2.33. The molecule has 0 aliphatic rings. The van der Waals surface area contributed by atoms with Gasteiger partial charge in [-0.25, -0.2) is 0 Å². The average molecular weight is 429 g/mol. The van der Waals surface area contributed by atoms with Gasteiger partial charge in [-0.15, -0.1) is 4.79 Å². The number of hydrogen-bond acceptors (Lipinski definition) is 0. The van der Waals surface area contributed by atoms with E-state index in [0.29, 0.717) is 0 Å². The zero-order valence-electron chi connectivity index (χ0n) is 20.4. The molecular weight excluding hydrogens is 388 g/mol. The predicted octanol–water partition coefficient (Wildman–Crippen LogP) is 8.60. The summed E-state index contributed by atoms with van der Waals surface area (Å²) in [6.45, 7) is 6.66. The summed E-state index contributed by atoms with van der Waals surface area (Å²) in [6, 6.07) is 17.9. The number of benzene rings is 2. The van der Waals surface area contributed by atoms with Crippen LogP contribution >= 0.6 is 0 Å². The van der Waals surface area contributed by atoms with Crippen LogP contribution in [0.25, 0.3) is 11.1 Å². The molecule has 0 aromatic heterocycles. The van der Waals surface area contributed by atoms with E-state index >= 15 is 0 Å². The summed E-state index contributed by atoms with van der Waals surface area (Å²) in [4.78, 5) is 3.12. The van der Waals surface area contributed by atoms with Crippen molar-refractivity contribution in [2.24, 2.45) is 0 Å². The molecule has 2 aromatic rings. The van der Waals surface area contributed by atoms with Crippen molar-refractivity contribution in [2.45, 2.75) is 91.4 Å². The van der Waals surface area contributed by atoms with Gasteiger partial charge in [-0.3, -0.25) is 0 Å². The maximum Gasteiger partial charge on any atom is 0.299 e. The van der Waals surface area contributed by atoms with Crippen molar-refractivity contribution in [1.29, 1.82) is 0 Å². The smallest absolute Gasteiger partial charge is 0.299 e. The van der Waals surface area contributed by atoms with Crippen molar-refractivity contribution in [3.8, 4) is 0 Å². The van der Waals surface area contributed by atoms with Gasteiger partial charge in [-0.2, -0.15) is 0 Å². The van der Waals surface area contributed by atoms with Crippen LogP contribution in [-0.4, -0.2) is 10.7 Å². The first-order valence-electron chi connectivity index (χ1n) is 12.6. The van der Waals surface area contributed by atoms with E-state index in [9.17, 15) is 0 Å². The monoisotopic (exact) mass is 428 g/mol. The molecule has 0 aliphatic heterocycles. The van der Waals surface area contributed by atoms with Crippen LogP contribution in [0.4, 0.5) is 0 Å². The van der Waals surface area contributed by atoms with Crippen molar-refractivity contribution >= 4 is 11.4 Å². The van der Waals surface area contributed by atoms with Crippen LogP contribution in [0.5, 0.6) is 0 Å². The second-order valence-electron chi connectivity index (χ2n) is 8.65. The highest BCUT2D eigenvalue weighted by atomic mass is 14.8. The fraction of sp³-hybridized carbons (Fsp3) is 0.467. The largest absolute Gasteiger partial charge is 0.348 e. The first-order chi connectivity index (χ1) is 15.7. The Hall–Kier alpha value is -2.66. The normalized spacial score (nSPS) is 11.5. The molecule has 0 fully saturated rings. The summed E-state index contributed by atoms with van der Waals surface area (Å²) >= 11 is 0. The van der Waals surface area contributed by atoms with Gasteiger partial charge in [0, 0.05) is 0 Å². The molecule has 0 atom stereocenters. The van der Waals surface area contributed by atoms with E-state index in [-0.39, 0.29) is 0 Å². The molecule has 0 unspecified atom stereocenters. The standard InChI is InChI=1S/C30H40N2/c1-4-7-9-10-11-12-14-26-18-20-28(21-19-26)30(27(16-8-5-2)22-23-32-31)29-17-13-15-25(6-3)24-29/h13,15,17-22,24H,4-12,14,16H2,1-3H3. The number of hydrogen-bond donors (Lipinski definition) is 0. The van der Waals surface area contributed by atoms with Gasteiger partial charge >= 0.3 is 0 Å². The Morgan fingerprint density at radius 1 is 0.812 bits per heavy atom. The molecule has 0 radical (unpaired) electrons. The number of rotatable bonds is 14. The van der Waals surface area contributed by atoms with E-state index in [1.165, 1.54) is 71.9 Å². The average Bonchev–Trinajstić information content (AvgIpc) is 2.83. The summed E-state index contributed by atoms with van der Waals surface area (Å²) in [5, 5.41) is 0. The predicted molar refractivity (Wildman–Crippen MR) is 138 cm³/mol. The minimum absolute atomic E-state index is 0.935. The Morgan fingerprint density at radius 2 is 1.53 bits per heavy atom. The fourth-order valence-corrected chi connectivity index (χ4v) is 4.18. The van der Waals surface area contributed by atoms with Gasteiger partial charge in [0.1, 0.15) is 0 Å². The first kappa shape index (κ1) is 25.6. The molecule has 0 saturated carbocycles. The quantitative estimate of drug-likeness (QED) is 0.0949. The third-order valence-corrected chi connectivity index (χ3v) is 6.10. The number of allylic oxidation sites excluding steroid dienone is 2. The van der Waals surface area contributed by atoms with Crippen LogP contribution in [0, 0.1) is 0 Å². The Kier molecular flexibility index (Phi) is 12.2. The lowest BCUT2D eigenvalue weighted by molar-refractivity contribution is 0.00800. The number of nitrogens with zero attached hydrogens (tertiary/aromatic N) is 2. The van der Waals surface area contributed by atoms with Gasteiger partial charge < -0.3 is 5.53 Å². The summed E-state index contributed by atoms with van der Waals surface area (Å²) in [6.07, 6.45) is 15.1. The topological polar surface area (TPSA) is 36.4 Å². The van der Waals surface area contributed by atoms with Crippen LogP contribution < -0.4 is 0 Å². The summed E-state index contributed by atoms with van der Waals surface area (Å²) < 4.78 is 0. The van der Waals surface area contributed by atoms with E-state index in [4.69, 9.17) is 5.53 Å². The van der Waals surface area contributed by atoms with Crippen LogP contribution in [0.3, 0.4) is 0 Å². The molecule has 0 saturated heterocycles. The highest BCUT2D eigenvalue weighted by molar-refractivity contribution is 5.85. The van der Waals surface area contributed by atoms with Crippen LogP contribution in [-0.2, 0) is 12.8 Å². The molecule has 2 nitrogen and oxygen atoms in total. The van der Waals surface area contributed by atoms with E-state index < -0.39 is 0 Å². The lowest BCUT2D eigenvalue weighted by atomic mass is 9.89. The molecule has 170 valence electrons. The summed E-state index contributed by atoms with van der Waals surface area (Å²) in [7, 11) is 0. The lowest BCUT2D eigenvalue weighted by Gasteiger charge is -2.15. The second-order valence-corrected chi connectivity index (χ2v) is 8.65. The number of unbranched alkanes of at least 4 members (excludes halogenated alkanes) is 6. The maximum atomic E-state index is 8.99. The van der Waals surface area contributed by atoms with Gasteiger partial charge in [0.2, 0.25) is 0 Å². The van der Waals surface area contributed by atoms with Gasteiger partial charge in [0.05, 0.1) is 6.08 Å². The van der Waals surface area contributed by atoms with Crippen LogP contribution in [0.1, 0.15) is 101 Å². The molecule has 0 heterocycles. The minimum atomic E-state index is 0.935. The highest BCUT2D eigenvalue weighted by Gasteiger charge is 2.12. The Bertz CT molecular complexity index is 924. The third-order valence-electron chi connectivity index (χ3n) is 6.10. The zero-order chi connectivity index (χ0) is 23.0. The van der Waals surface area contributed by atoms with E-state index in [1.807, 2.05) is 6.08 Å². The first-order valence-corrected chi connectivity index (χ1v) is 12.6. The zero-order valence-corrected chi connectivity index (χ0v) is 20.4. The van der Waals surface area contributed by atoms with E-state index in [0.717, 1.165) is 32.1 Å². The molecule has 0 aliphatic carbocycles. The molecular formula is C30H40N2. The van der Waals surface area contributed by atoms with Gasteiger partial charge in [0.25, 0.3) is 5.87 Å². The van der Waals surface area contributed by atoms with Gasteiger partial charge in [-0.1, -0.05) is 108 Å². The third kappa shape index (κ3) is 8.46. The molecule has 0 bridgehead atoms. The van der Waals surface area contributed by atoms with Crippen molar-refractivity contribution in [3.63, 3.8) is 0 Å². The Morgan fingerprint density at radius 3 is 2.22 bits per heavy atom. The van der Waals surface area contributed by atoms with Crippen molar-refractivity contribution in [1.82, 2.24) is 0 Å². The Labute approximate surface area is 195 Å². The maximum absolute atomic E-state index is 8.99. The van der Waals surface area contributed by atoms with E-state index in [1.54, 1.807) is 0 Å². The molecule has 2 aromatic carbocycles. The second kappa shape index (κ2) is 15.2. The molecule has 2 rings (SSSR count). The van der Waals surface area contributed by atoms with Crippen molar-refractivity contribution in [3.05, 3.63) is 88.0 Å². The summed E-state index contributed by atoms with van der Waals surface area (Å²) in [5.74, 6) is 2.66. The highest BCUT2D eigenvalue weighted by Crippen LogP contribution is 2.31. The van der Waals surface area contributed by atoms with Gasteiger partial charge in [0.15, 0.2) is 0 Å². The van der Waals surface area contributed by atoms with Gasteiger partial charge in [-0.05, 0) is 65.5 Å². The SMILES string of the molecule is CCCCCCCCc1ccc(C(=C(C=C=[N+]=[N-])CCCC)c2cccc(CC)c2)cc1. The summed E-state index contributed by atoms with van der Waals surface area (Å²) in [5.41, 5.74) is 16.6. The lowest BCUT2D eigenvalue weighted by Crippen LogP contribution is -1.97. The number of aryl methyl sites for hydroxylation is 2. The molecule has 2 heteroatoms. The van der Waals surface area contributed by atoms with Crippen molar-refractivity contribution in [2.75, 3.05) is 0 Å². The molecule has 0 amide bonds. The fourth-order valence-electron chi connectivity index (χ4n) is 4.18. The molecule has 32 heavy (non-hydrogen) atoms. The van der Waals surface area contributed by atoms with Crippen molar-refractivity contribution < 1.29 is 4.79 Å². The van der Waals surface area contributed by atoms with Crippen LogP contribution in [0.2, 0.25) is 0 Å². The van der Waals surface area contributed by atoms with E-state index in [2.05, 4.69) is 80.0 Å². The molecule has 0 spiro atoms. The van der Waals surface area contributed by atoms with Crippen LogP contribution in [0.15, 0.2) is 60.2 Å². The molecule has 0 N–H and O–H groups in total.